The standard InChI is InChI=1S/C23H24N4O2/c28-21-14-18(22-7-4-12-29-22)13-20-19(21)15-24-23(25-20)27-10-8-26(9-11-27)16-17-5-2-1-3-6-17/h1-7,12,15,18H,8-11,13-14,16H2/t18-/m1/s1. The summed E-state index contributed by atoms with van der Waals surface area (Å²) in [4.78, 5) is 26.5. The van der Waals surface area contributed by atoms with Crippen molar-refractivity contribution in [3.63, 3.8) is 0 Å². The Bertz CT molecular complexity index is 979. The monoisotopic (exact) mass is 388 g/mol. The van der Waals surface area contributed by atoms with Gasteiger partial charge in [0.05, 0.1) is 17.5 Å². The second kappa shape index (κ2) is 7.79. The van der Waals surface area contributed by atoms with E-state index in [4.69, 9.17) is 9.40 Å². The molecule has 1 aliphatic carbocycles. The minimum Gasteiger partial charge on any atom is -0.469 e. The molecule has 2 aliphatic rings. The molecule has 1 aromatic carbocycles. The summed E-state index contributed by atoms with van der Waals surface area (Å²) < 4.78 is 5.53. The molecule has 0 amide bonds. The Labute approximate surface area is 170 Å². The number of nitrogens with zero attached hydrogens (tertiary/aromatic N) is 4. The third-order valence-electron chi connectivity index (χ3n) is 5.88. The number of ketones is 1. The summed E-state index contributed by atoms with van der Waals surface area (Å²) in [5.41, 5.74) is 2.85. The molecule has 1 fully saturated rings. The number of hydrogen-bond acceptors (Lipinski definition) is 6. The second-order valence-corrected chi connectivity index (χ2v) is 7.82. The minimum absolute atomic E-state index is 0.0652. The minimum atomic E-state index is 0.0652. The van der Waals surface area contributed by atoms with Crippen molar-refractivity contribution in [2.75, 3.05) is 31.1 Å². The van der Waals surface area contributed by atoms with Crippen molar-refractivity contribution in [1.29, 1.82) is 0 Å². The lowest BCUT2D eigenvalue weighted by Crippen LogP contribution is -2.46. The second-order valence-electron chi connectivity index (χ2n) is 7.82. The molecule has 0 saturated carbocycles. The number of hydrogen-bond donors (Lipinski definition) is 0. The highest BCUT2D eigenvalue weighted by Gasteiger charge is 2.30. The molecule has 3 aromatic rings. The zero-order chi connectivity index (χ0) is 19.6. The lowest BCUT2D eigenvalue weighted by molar-refractivity contribution is 0.0958. The fourth-order valence-corrected chi connectivity index (χ4v) is 4.26. The van der Waals surface area contributed by atoms with Crippen molar-refractivity contribution in [1.82, 2.24) is 14.9 Å². The maximum atomic E-state index is 12.6. The number of anilines is 1. The first-order chi connectivity index (χ1) is 14.3. The van der Waals surface area contributed by atoms with Crippen LogP contribution >= 0.6 is 0 Å². The maximum absolute atomic E-state index is 12.6. The summed E-state index contributed by atoms with van der Waals surface area (Å²) in [5, 5.41) is 0. The van der Waals surface area contributed by atoms with Crippen LogP contribution in [-0.4, -0.2) is 46.8 Å². The summed E-state index contributed by atoms with van der Waals surface area (Å²) in [5.74, 6) is 1.76. The Hall–Kier alpha value is -2.99. The SMILES string of the molecule is O=C1C[C@H](c2ccco2)Cc2nc(N3CCN(Cc4ccccc4)CC3)ncc21. The van der Waals surface area contributed by atoms with Gasteiger partial charge in [0.2, 0.25) is 5.95 Å². The molecular weight excluding hydrogens is 364 g/mol. The summed E-state index contributed by atoms with van der Waals surface area (Å²) in [6, 6.07) is 14.4. The fraction of sp³-hybridized carbons (Fsp3) is 0.348. The largest absolute Gasteiger partial charge is 0.469 e. The smallest absolute Gasteiger partial charge is 0.225 e. The number of carbonyl (C=O) groups is 1. The van der Waals surface area contributed by atoms with Gasteiger partial charge in [0.1, 0.15) is 5.76 Å². The summed E-state index contributed by atoms with van der Waals surface area (Å²) in [6.07, 6.45) is 4.56. The molecule has 1 saturated heterocycles. The Balaban J connectivity index is 1.27. The quantitative estimate of drug-likeness (QED) is 0.683. The number of furan rings is 1. The molecule has 0 spiro atoms. The van der Waals surface area contributed by atoms with Crippen LogP contribution in [0.5, 0.6) is 0 Å². The third kappa shape index (κ3) is 3.80. The van der Waals surface area contributed by atoms with Gasteiger partial charge >= 0.3 is 0 Å². The average Bonchev–Trinajstić information content (AvgIpc) is 3.30. The first-order valence-corrected chi connectivity index (χ1v) is 10.2. The van der Waals surface area contributed by atoms with E-state index in [9.17, 15) is 4.79 Å². The van der Waals surface area contributed by atoms with Gasteiger partial charge in [0.25, 0.3) is 0 Å². The Kier molecular flexibility index (Phi) is 4.86. The zero-order valence-corrected chi connectivity index (χ0v) is 16.3. The normalized spacial score (nSPS) is 19.9. The number of carbonyl (C=O) groups excluding carboxylic acids is 1. The van der Waals surface area contributed by atoms with Gasteiger partial charge in [-0.2, -0.15) is 0 Å². The van der Waals surface area contributed by atoms with Gasteiger partial charge in [-0.15, -0.1) is 0 Å². The predicted octanol–water partition coefficient (Wildman–Crippen LogP) is 3.30. The molecular formula is C23H24N4O2. The summed E-state index contributed by atoms with van der Waals surface area (Å²) in [6.45, 7) is 4.70. The lowest BCUT2D eigenvalue weighted by Gasteiger charge is -2.35. The van der Waals surface area contributed by atoms with Crippen LogP contribution in [0.2, 0.25) is 0 Å². The van der Waals surface area contributed by atoms with Crippen LogP contribution in [0, 0.1) is 0 Å². The van der Waals surface area contributed by atoms with E-state index >= 15 is 0 Å². The topological polar surface area (TPSA) is 62.5 Å². The van der Waals surface area contributed by atoms with E-state index in [0.29, 0.717) is 12.0 Å². The van der Waals surface area contributed by atoms with Crippen LogP contribution in [0.1, 0.15) is 39.7 Å². The van der Waals surface area contributed by atoms with Gasteiger partial charge in [-0.25, -0.2) is 9.97 Å². The van der Waals surface area contributed by atoms with E-state index in [1.54, 1.807) is 12.5 Å². The van der Waals surface area contributed by atoms with E-state index in [1.807, 2.05) is 12.1 Å². The number of rotatable bonds is 4. The van der Waals surface area contributed by atoms with Crippen molar-refractivity contribution >= 4 is 11.7 Å². The predicted molar refractivity (Wildman–Crippen MR) is 110 cm³/mol. The Morgan fingerprint density at radius 2 is 1.83 bits per heavy atom. The van der Waals surface area contributed by atoms with Gasteiger partial charge < -0.3 is 9.32 Å². The van der Waals surface area contributed by atoms with Crippen molar-refractivity contribution in [3.8, 4) is 0 Å². The van der Waals surface area contributed by atoms with Crippen LogP contribution in [0.3, 0.4) is 0 Å². The molecule has 2 aromatic heterocycles. The summed E-state index contributed by atoms with van der Waals surface area (Å²) in [7, 11) is 0. The maximum Gasteiger partial charge on any atom is 0.225 e. The van der Waals surface area contributed by atoms with Crippen LogP contribution in [0.4, 0.5) is 5.95 Å². The van der Waals surface area contributed by atoms with Gasteiger partial charge in [0, 0.05) is 57.7 Å². The molecule has 148 valence electrons. The van der Waals surface area contributed by atoms with Gasteiger partial charge in [0.15, 0.2) is 5.78 Å². The van der Waals surface area contributed by atoms with E-state index in [-0.39, 0.29) is 11.7 Å². The molecule has 0 N–H and O–H groups in total. The summed E-state index contributed by atoms with van der Waals surface area (Å²) >= 11 is 0. The number of fused-ring (bicyclic) bond motifs is 1. The molecule has 0 bridgehead atoms. The molecule has 0 radical (unpaired) electrons. The van der Waals surface area contributed by atoms with Crippen molar-refractivity contribution < 1.29 is 9.21 Å². The van der Waals surface area contributed by atoms with Crippen molar-refractivity contribution in [2.24, 2.45) is 0 Å². The highest BCUT2D eigenvalue weighted by Crippen LogP contribution is 2.32. The molecule has 3 heterocycles. The number of aromatic nitrogens is 2. The van der Waals surface area contributed by atoms with Crippen LogP contribution in [0.15, 0.2) is 59.3 Å². The molecule has 6 heteroatoms. The van der Waals surface area contributed by atoms with E-state index < -0.39 is 0 Å². The molecule has 5 rings (SSSR count). The molecule has 29 heavy (non-hydrogen) atoms. The number of benzene rings is 1. The first kappa shape index (κ1) is 18.1. The van der Waals surface area contributed by atoms with Crippen LogP contribution < -0.4 is 4.90 Å². The van der Waals surface area contributed by atoms with E-state index in [1.165, 1.54) is 5.56 Å². The molecule has 1 atom stereocenters. The zero-order valence-electron chi connectivity index (χ0n) is 16.3. The van der Waals surface area contributed by atoms with E-state index in [0.717, 1.165) is 56.5 Å². The van der Waals surface area contributed by atoms with Gasteiger partial charge in [-0.05, 0) is 17.7 Å². The highest BCUT2D eigenvalue weighted by atomic mass is 16.3. The van der Waals surface area contributed by atoms with Crippen LogP contribution in [-0.2, 0) is 13.0 Å². The van der Waals surface area contributed by atoms with Crippen molar-refractivity contribution in [2.45, 2.75) is 25.3 Å². The van der Waals surface area contributed by atoms with E-state index in [2.05, 4.69) is 45.1 Å². The average molecular weight is 388 g/mol. The third-order valence-corrected chi connectivity index (χ3v) is 5.88. The number of piperazine rings is 1. The van der Waals surface area contributed by atoms with Gasteiger partial charge in [-0.3, -0.25) is 9.69 Å². The first-order valence-electron chi connectivity index (χ1n) is 10.2. The van der Waals surface area contributed by atoms with Gasteiger partial charge in [-0.1, -0.05) is 30.3 Å². The van der Waals surface area contributed by atoms with Crippen molar-refractivity contribution in [3.05, 3.63) is 77.5 Å². The number of Topliss-reactive ketones (excluding diaryl/α,β-unsaturated/α-hetero) is 1. The highest BCUT2D eigenvalue weighted by molar-refractivity contribution is 5.98. The molecule has 1 aliphatic heterocycles. The molecule has 0 unspecified atom stereocenters. The lowest BCUT2D eigenvalue weighted by atomic mass is 9.85. The Morgan fingerprint density at radius 3 is 2.59 bits per heavy atom. The molecule has 6 nitrogen and oxygen atoms in total. The Morgan fingerprint density at radius 1 is 1.00 bits per heavy atom. The van der Waals surface area contributed by atoms with Crippen LogP contribution in [0.25, 0.3) is 0 Å². The fourth-order valence-electron chi connectivity index (χ4n) is 4.26.